The van der Waals surface area contributed by atoms with E-state index in [1.807, 2.05) is 0 Å². The Bertz CT molecular complexity index is 177. The summed E-state index contributed by atoms with van der Waals surface area (Å²) >= 11 is 5.43. The van der Waals surface area contributed by atoms with Crippen LogP contribution < -0.4 is 4.89 Å². The third kappa shape index (κ3) is 2.54. The monoisotopic (exact) mass is 208 g/mol. The number of rotatable bonds is 2. The summed E-state index contributed by atoms with van der Waals surface area (Å²) in [4.78, 5) is 11.2. The first-order valence-electron chi connectivity index (χ1n) is 3.49. The largest absolute Gasteiger partial charge is 0.617 e. The lowest BCUT2D eigenvalue weighted by Gasteiger charge is -2.31. The minimum atomic E-state index is -3.40. The summed E-state index contributed by atoms with van der Waals surface area (Å²) < 4.78 is 9.78. The van der Waals surface area contributed by atoms with Crippen LogP contribution in [0.5, 0.6) is 0 Å². The molecule has 5 heteroatoms. The van der Waals surface area contributed by atoms with E-state index in [9.17, 15) is 4.89 Å². The topological polar surface area (TPSA) is 41.5 Å². The quantitative estimate of drug-likeness (QED) is 0.513. The van der Waals surface area contributed by atoms with Crippen LogP contribution in [-0.2, 0) is 9.05 Å². The van der Waals surface area contributed by atoms with Gasteiger partial charge in [-0.25, -0.2) is 0 Å². The predicted molar refractivity (Wildman–Crippen MR) is 47.5 cm³/mol. The Morgan fingerprint density at radius 2 is 1.75 bits per heavy atom. The Morgan fingerprint density at radius 3 is 2.08 bits per heavy atom. The maximum absolute atomic E-state index is 11.2. The van der Waals surface area contributed by atoms with Crippen molar-refractivity contribution >= 4 is 18.5 Å². The van der Waals surface area contributed by atoms with Gasteiger partial charge in [0.1, 0.15) is 12.2 Å². The Balaban J connectivity index is 2.64. The molecule has 2 atom stereocenters. The molecule has 1 rings (SSSR count). The van der Waals surface area contributed by atoms with E-state index in [0.717, 1.165) is 0 Å². The Kier molecular flexibility index (Phi) is 3.27. The second-order valence-corrected chi connectivity index (χ2v) is 4.95. The van der Waals surface area contributed by atoms with E-state index in [4.69, 9.17) is 20.3 Å². The second-order valence-electron chi connectivity index (χ2n) is 2.43. The van der Waals surface area contributed by atoms with Crippen LogP contribution in [0.25, 0.3) is 0 Å². The molecule has 0 amide bonds. The average Bonchev–Trinajstić information content (AvgIpc) is 2.01. The van der Waals surface area contributed by atoms with Gasteiger partial charge in [0, 0.05) is 6.42 Å². The summed E-state index contributed by atoms with van der Waals surface area (Å²) in [5, 5.41) is 0. The molecule has 0 aromatic rings. The highest BCUT2D eigenvalue weighted by Gasteiger charge is 2.40. The highest BCUT2D eigenvalue weighted by molar-refractivity contribution is 7.85. The van der Waals surface area contributed by atoms with Gasteiger partial charge in [-0.15, -0.1) is 13.2 Å². The lowest BCUT2D eigenvalue weighted by Crippen LogP contribution is -2.30. The van der Waals surface area contributed by atoms with Crippen LogP contribution in [0.2, 0.25) is 0 Å². The zero-order valence-electron chi connectivity index (χ0n) is 6.48. The first kappa shape index (κ1) is 10.2. The van der Waals surface area contributed by atoms with Crippen molar-refractivity contribution in [3.05, 3.63) is 25.3 Å². The molecule has 12 heavy (non-hydrogen) atoms. The molecule has 1 saturated heterocycles. The minimum absolute atomic E-state index is 0.315. The van der Waals surface area contributed by atoms with Gasteiger partial charge in [-0.3, -0.25) is 0 Å². The molecular formula is C7H10ClO3P. The van der Waals surface area contributed by atoms with Gasteiger partial charge in [-0.05, 0) is 0 Å². The van der Waals surface area contributed by atoms with Gasteiger partial charge in [0.2, 0.25) is 0 Å². The second kappa shape index (κ2) is 3.86. The van der Waals surface area contributed by atoms with E-state index in [0.29, 0.717) is 6.42 Å². The molecule has 1 aliphatic rings. The molecule has 0 aromatic heterocycles. The van der Waals surface area contributed by atoms with Crippen molar-refractivity contribution in [1.82, 2.24) is 0 Å². The van der Waals surface area contributed by atoms with E-state index in [-0.39, 0.29) is 12.2 Å². The summed E-state index contributed by atoms with van der Waals surface area (Å²) in [6, 6.07) is 0. The maximum Gasteiger partial charge on any atom is 0.339 e. The molecule has 0 spiro atoms. The van der Waals surface area contributed by atoms with Crippen molar-refractivity contribution in [3.8, 4) is 0 Å². The smallest absolute Gasteiger partial charge is 0.339 e. The lowest BCUT2D eigenvalue weighted by molar-refractivity contribution is -0.223. The molecule has 0 bridgehead atoms. The number of hydrogen-bond donors (Lipinski definition) is 0. The maximum atomic E-state index is 11.2. The van der Waals surface area contributed by atoms with Crippen molar-refractivity contribution in [1.29, 1.82) is 0 Å². The molecular weight excluding hydrogens is 199 g/mol. The molecule has 0 aliphatic carbocycles. The van der Waals surface area contributed by atoms with Crippen LogP contribution in [0.4, 0.5) is 0 Å². The van der Waals surface area contributed by atoms with E-state index in [1.54, 1.807) is 12.2 Å². The Hall–Kier alpha value is 0.0800. The molecule has 0 radical (unpaired) electrons. The van der Waals surface area contributed by atoms with Crippen LogP contribution >= 0.6 is 18.5 Å². The van der Waals surface area contributed by atoms with Crippen molar-refractivity contribution in [2.24, 2.45) is 0 Å². The number of hydrogen-bond acceptors (Lipinski definition) is 3. The standard InChI is InChI=1S/C7H10ClO3P/c1-3-6-5-7(4-2)11-12(8,9)10-6/h3-4,6-7H,1-2,5H2/t6-,7-/m1/s1. The van der Waals surface area contributed by atoms with Crippen LogP contribution in [0, 0.1) is 0 Å². The van der Waals surface area contributed by atoms with Gasteiger partial charge in [0.05, 0.1) is 0 Å². The molecule has 1 aliphatic heterocycles. The Morgan fingerprint density at radius 1 is 1.33 bits per heavy atom. The van der Waals surface area contributed by atoms with E-state index >= 15 is 0 Å². The third-order valence-corrected chi connectivity index (χ3v) is 3.04. The molecule has 68 valence electrons. The van der Waals surface area contributed by atoms with E-state index in [2.05, 4.69) is 13.2 Å². The van der Waals surface area contributed by atoms with E-state index in [1.165, 1.54) is 0 Å². The minimum Gasteiger partial charge on any atom is -0.617 e. The van der Waals surface area contributed by atoms with Gasteiger partial charge >= 0.3 is 7.30 Å². The van der Waals surface area contributed by atoms with Crippen LogP contribution in [-0.4, -0.2) is 12.2 Å². The first-order valence-corrected chi connectivity index (χ1v) is 5.94. The molecule has 0 N–H and O–H groups in total. The highest BCUT2D eigenvalue weighted by atomic mass is 35.7. The fourth-order valence-corrected chi connectivity index (χ4v) is 2.60. The highest BCUT2D eigenvalue weighted by Crippen LogP contribution is 2.62. The predicted octanol–water partition coefficient (Wildman–Crippen LogP) is 1.81. The summed E-state index contributed by atoms with van der Waals surface area (Å²) in [7, 11) is -3.40. The Labute approximate surface area is 77.0 Å². The van der Waals surface area contributed by atoms with Gasteiger partial charge in [0.25, 0.3) is 0 Å². The molecule has 0 saturated carbocycles. The zero-order valence-corrected chi connectivity index (χ0v) is 8.13. The van der Waals surface area contributed by atoms with Crippen LogP contribution in [0.3, 0.4) is 0 Å². The molecule has 1 fully saturated rings. The van der Waals surface area contributed by atoms with Crippen molar-refractivity contribution in [2.45, 2.75) is 18.6 Å². The molecule has 0 unspecified atom stereocenters. The van der Waals surface area contributed by atoms with Gasteiger partial charge < -0.3 is 4.89 Å². The summed E-state index contributed by atoms with van der Waals surface area (Å²) in [5.74, 6) is 0. The molecule has 0 aromatic carbocycles. The van der Waals surface area contributed by atoms with Crippen molar-refractivity contribution < 1.29 is 13.9 Å². The van der Waals surface area contributed by atoms with Crippen LogP contribution in [0.1, 0.15) is 6.42 Å². The van der Waals surface area contributed by atoms with Gasteiger partial charge in [-0.1, -0.05) is 12.2 Å². The van der Waals surface area contributed by atoms with Gasteiger partial charge in [0.15, 0.2) is 11.2 Å². The summed E-state index contributed by atoms with van der Waals surface area (Å²) in [5.41, 5.74) is 0. The number of halogens is 1. The SMILES string of the molecule is C=C[C@@H]1C[C@@H](C=C)O[P+]([O-])(Cl)O1. The third-order valence-electron chi connectivity index (χ3n) is 1.51. The molecule has 3 nitrogen and oxygen atoms in total. The lowest BCUT2D eigenvalue weighted by atomic mass is 10.1. The first-order chi connectivity index (χ1) is 5.57. The molecule has 1 heterocycles. The summed E-state index contributed by atoms with van der Waals surface area (Å²) in [6.45, 7) is 7.05. The fourth-order valence-electron chi connectivity index (χ4n) is 0.942. The average molecular weight is 209 g/mol. The van der Waals surface area contributed by atoms with Crippen molar-refractivity contribution in [3.63, 3.8) is 0 Å². The zero-order chi connectivity index (χ0) is 9.19. The summed E-state index contributed by atoms with van der Waals surface area (Å²) in [6.07, 6.45) is 3.03. The normalized spacial score (nSPS) is 42.2. The van der Waals surface area contributed by atoms with Crippen molar-refractivity contribution in [2.75, 3.05) is 0 Å². The fraction of sp³-hybridized carbons (Fsp3) is 0.429. The van der Waals surface area contributed by atoms with Gasteiger partial charge in [-0.2, -0.15) is 9.05 Å². The van der Waals surface area contributed by atoms with E-state index < -0.39 is 7.30 Å². The van der Waals surface area contributed by atoms with Crippen LogP contribution in [0.15, 0.2) is 25.3 Å².